The Hall–Kier alpha value is -2.14. The van der Waals surface area contributed by atoms with Gasteiger partial charge in [-0.05, 0) is 42.5 Å². The molecule has 0 saturated heterocycles. The van der Waals surface area contributed by atoms with Crippen LogP contribution < -0.4 is 10.5 Å². The van der Waals surface area contributed by atoms with Crippen molar-refractivity contribution >= 4 is 32.5 Å². The number of nitrogens with zero attached hydrogens (tertiary/aromatic N) is 1. The van der Waals surface area contributed by atoms with Gasteiger partial charge in [0.2, 0.25) is 0 Å². The summed E-state index contributed by atoms with van der Waals surface area (Å²) < 4.78 is 20.3. The SMILES string of the molecule is Nc1ccc(OCc2cc(Br)ccc2F)c2cccnc12. The first-order chi connectivity index (χ1) is 10.1. The quantitative estimate of drug-likeness (QED) is 0.719. The molecule has 0 bridgehead atoms. The van der Waals surface area contributed by atoms with Crippen LogP contribution in [0.1, 0.15) is 5.56 Å². The molecule has 3 nitrogen and oxygen atoms in total. The van der Waals surface area contributed by atoms with Crippen LogP contribution in [0.3, 0.4) is 0 Å². The fraction of sp³-hybridized carbons (Fsp3) is 0.0625. The van der Waals surface area contributed by atoms with Crippen LogP contribution in [-0.4, -0.2) is 4.98 Å². The number of pyridine rings is 1. The lowest BCUT2D eigenvalue weighted by Crippen LogP contribution is -2.00. The molecule has 0 fully saturated rings. The monoisotopic (exact) mass is 346 g/mol. The number of fused-ring (bicyclic) bond motifs is 1. The molecule has 0 saturated carbocycles. The third kappa shape index (κ3) is 2.83. The van der Waals surface area contributed by atoms with E-state index in [9.17, 15) is 4.39 Å². The van der Waals surface area contributed by atoms with Crippen molar-refractivity contribution in [1.82, 2.24) is 4.98 Å². The minimum Gasteiger partial charge on any atom is -0.488 e. The maximum Gasteiger partial charge on any atom is 0.129 e. The van der Waals surface area contributed by atoms with Gasteiger partial charge in [0.1, 0.15) is 18.2 Å². The smallest absolute Gasteiger partial charge is 0.129 e. The Morgan fingerprint density at radius 1 is 1.19 bits per heavy atom. The molecule has 21 heavy (non-hydrogen) atoms. The lowest BCUT2D eigenvalue weighted by molar-refractivity contribution is 0.303. The summed E-state index contributed by atoms with van der Waals surface area (Å²) in [5.41, 5.74) is 7.65. The van der Waals surface area contributed by atoms with Gasteiger partial charge in [-0.2, -0.15) is 0 Å². The Balaban J connectivity index is 1.92. The van der Waals surface area contributed by atoms with Crippen molar-refractivity contribution in [2.45, 2.75) is 6.61 Å². The third-order valence-electron chi connectivity index (χ3n) is 3.15. The van der Waals surface area contributed by atoms with Crippen LogP contribution in [0.4, 0.5) is 10.1 Å². The van der Waals surface area contributed by atoms with E-state index in [-0.39, 0.29) is 12.4 Å². The third-order valence-corrected chi connectivity index (χ3v) is 3.65. The highest BCUT2D eigenvalue weighted by Gasteiger charge is 2.08. The average molecular weight is 347 g/mol. The van der Waals surface area contributed by atoms with Gasteiger partial charge in [-0.25, -0.2) is 4.39 Å². The molecule has 3 aromatic rings. The number of aromatic nitrogens is 1. The van der Waals surface area contributed by atoms with E-state index in [0.29, 0.717) is 22.5 Å². The summed E-state index contributed by atoms with van der Waals surface area (Å²) in [6, 6.07) is 12.0. The molecular formula is C16H12BrFN2O. The van der Waals surface area contributed by atoms with Crippen LogP contribution in [0.15, 0.2) is 53.1 Å². The molecule has 2 aromatic carbocycles. The number of benzene rings is 2. The summed E-state index contributed by atoms with van der Waals surface area (Å²) in [7, 11) is 0. The van der Waals surface area contributed by atoms with E-state index >= 15 is 0 Å². The van der Waals surface area contributed by atoms with E-state index in [1.165, 1.54) is 6.07 Å². The predicted molar refractivity (Wildman–Crippen MR) is 84.6 cm³/mol. The van der Waals surface area contributed by atoms with Gasteiger partial charge in [0.05, 0.1) is 11.2 Å². The van der Waals surface area contributed by atoms with Crippen LogP contribution in [-0.2, 0) is 6.61 Å². The molecule has 0 atom stereocenters. The molecule has 1 aromatic heterocycles. The molecule has 0 spiro atoms. The van der Waals surface area contributed by atoms with Crippen LogP contribution >= 0.6 is 15.9 Å². The highest BCUT2D eigenvalue weighted by Crippen LogP contribution is 2.29. The lowest BCUT2D eigenvalue weighted by Gasteiger charge is -2.11. The molecule has 0 amide bonds. The first kappa shape index (κ1) is 13.8. The van der Waals surface area contributed by atoms with Crippen molar-refractivity contribution in [3.8, 4) is 5.75 Å². The predicted octanol–water partition coefficient (Wildman–Crippen LogP) is 4.30. The highest BCUT2D eigenvalue weighted by molar-refractivity contribution is 9.10. The van der Waals surface area contributed by atoms with Crippen molar-refractivity contribution in [2.24, 2.45) is 0 Å². The number of ether oxygens (including phenoxy) is 1. The normalized spacial score (nSPS) is 10.8. The van der Waals surface area contributed by atoms with Gasteiger partial charge in [0.25, 0.3) is 0 Å². The van der Waals surface area contributed by atoms with Crippen molar-refractivity contribution in [1.29, 1.82) is 0 Å². The van der Waals surface area contributed by atoms with Gasteiger partial charge in [-0.1, -0.05) is 15.9 Å². The zero-order valence-electron chi connectivity index (χ0n) is 11.0. The summed E-state index contributed by atoms with van der Waals surface area (Å²) in [5, 5.41) is 0.813. The molecule has 106 valence electrons. The lowest BCUT2D eigenvalue weighted by atomic mass is 10.1. The number of nitrogens with two attached hydrogens (primary N) is 1. The number of hydrogen-bond acceptors (Lipinski definition) is 3. The van der Waals surface area contributed by atoms with E-state index in [4.69, 9.17) is 10.5 Å². The zero-order chi connectivity index (χ0) is 14.8. The summed E-state index contributed by atoms with van der Waals surface area (Å²) in [6.07, 6.45) is 1.68. The van der Waals surface area contributed by atoms with Crippen LogP contribution in [0.5, 0.6) is 5.75 Å². The first-order valence-electron chi connectivity index (χ1n) is 6.35. The fourth-order valence-corrected chi connectivity index (χ4v) is 2.51. The van der Waals surface area contributed by atoms with Crippen molar-refractivity contribution < 1.29 is 9.13 Å². The molecule has 1 heterocycles. The Labute approximate surface area is 129 Å². The summed E-state index contributed by atoms with van der Waals surface area (Å²) in [6.45, 7) is 0.138. The second kappa shape index (κ2) is 5.69. The number of nitrogen functional groups attached to an aromatic ring is 1. The van der Waals surface area contributed by atoms with E-state index in [0.717, 1.165) is 9.86 Å². The Morgan fingerprint density at radius 2 is 2.05 bits per heavy atom. The van der Waals surface area contributed by atoms with Crippen molar-refractivity contribution in [2.75, 3.05) is 5.73 Å². The molecule has 3 rings (SSSR count). The standard InChI is InChI=1S/C16H12BrFN2O/c17-11-3-4-13(18)10(8-11)9-21-15-6-5-14(19)16-12(15)2-1-7-20-16/h1-8H,9,19H2. The Morgan fingerprint density at radius 3 is 2.90 bits per heavy atom. The van der Waals surface area contributed by atoms with Crippen LogP contribution in [0.25, 0.3) is 10.9 Å². The minimum atomic E-state index is -0.295. The molecule has 0 aliphatic heterocycles. The largest absolute Gasteiger partial charge is 0.488 e. The van der Waals surface area contributed by atoms with Gasteiger partial charge < -0.3 is 10.5 Å². The van der Waals surface area contributed by atoms with E-state index in [1.807, 2.05) is 12.1 Å². The summed E-state index contributed by atoms with van der Waals surface area (Å²) in [4.78, 5) is 4.24. The molecule has 0 unspecified atom stereocenters. The molecule has 2 N–H and O–H groups in total. The first-order valence-corrected chi connectivity index (χ1v) is 7.14. The number of rotatable bonds is 3. The molecule has 0 aliphatic rings. The molecule has 0 aliphatic carbocycles. The van der Waals surface area contributed by atoms with Gasteiger partial charge in [0.15, 0.2) is 0 Å². The average Bonchev–Trinajstić information content (AvgIpc) is 2.50. The number of hydrogen-bond donors (Lipinski definition) is 1. The van der Waals surface area contributed by atoms with Crippen molar-refractivity contribution in [3.63, 3.8) is 0 Å². The zero-order valence-corrected chi connectivity index (χ0v) is 12.6. The van der Waals surface area contributed by atoms with Crippen LogP contribution in [0, 0.1) is 5.82 Å². The summed E-state index contributed by atoms with van der Waals surface area (Å²) >= 11 is 3.32. The Kier molecular flexibility index (Phi) is 3.75. The van der Waals surface area contributed by atoms with E-state index in [1.54, 1.807) is 30.5 Å². The second-order valence-electron chi connectivity index (χ2n) is 4.58. The Bertz CT molecular complexity index is 807. The van der Waals surface area contributed by atoms with Gasteiger partial charge >= 0.3 is 0 Å². The van der Waals surface area contributed by atoms with E-state index in [2.05, 4.69) is 20.9 Å². The molecule has 0 radical (unpaired) electrons. The van der Waals surface area contributed by atoms with E-state index < -0.39 is 0 Å². The number of halogens is 2. The van der Waals surface area contributed by atoms with Gasteiger partial charge in [-0.15, -0.1) is 0 Å². The minimum absolute atomic E-state index is 0.138. The maximum absolute atomic E-state index is 13.7. The highest BCUT2D eigenvalue weighted by atomic mass is 79.9. The second-order valence-corrected chi connectivity index (χ2v) is 5.49. The topological polar surface area (TPSA) is 48.1 Å². The summed E-state index contributed by atoms with van der Waals surface area (Å²) in [5.74, 6) is 0.336. The van der Waals surface area contributed by atoms with Crippen LogP contribution in [0.2, 0.25) is 0 Å². The maximum atomic E-state index is 13.7. The molecular weight excluding hydrogens is 335 g/mol. The van der Waals surface area contributed by atoms with Crippen molar-refractivity contribution in [3.05, 3.63) is 64.5 Å². The fourth-order valence-electron chi connectivity index (χ4n) is 2.10. The molecule has 5 heteroatoms. The van der Waals surface area contributed by atoms with Gasteiger partial charge in [-0.3, -0.25) is 4.98 Å². The van der Waals surface area contributed by atoms with Gasteiger partial charge in [0, 0.05) is 21.6 Å². The number of anilines is 1.